The Morgan fingerprint density at radius 2 is 1.19 bits per heavy atom. The van der Waals surface area contributed by atoms with E-state index in [0.29, 0.717) is 10.8 Å². The molecule has 43 heavy (non-hydrogen) atoms. The molecule has 6 nitrogen and oxygen atoms in total. The fourth-order valence-corrected chi connectivity index (χ4v) is 7.03. The van der Waals surface area contributed by atoms with Crippen molar-refractivity contribution < 1.29 is 16.8 Å². The molecule has 236 valence electrons. The Labute approximate surface area is 269 Å². The molecule has 0 aromatic heterocycles. The van der Waals surface area contributed by atoms with Crippen LogP contribution in [0.5, 0.6) is 0 Å². The summed E-state index contributed by atoms with van der Waals surface area (Å²) in [7, 11) is -7.16. The number of halogens is 1. The number of hydrogen-bond donors (Lipinski definition) is 2. The zero-order valence-corrected chi connectivity index (χ0v) is 29.1. The summed E-state index contributed by atoms with van der Waals surface area (Å²) in [6.07, 6.45) is 17.6. The quantitative estimate of drug-likeness (QED) is 0.303. The van der Waals surface area contributed by atoms with E-state index in [9.17, 15) is 16.8 Å². The van der Waals surface area contributed by atoms with E-state index in [4.69, 9.17) is 16.7 Å². The third-order valence-corrected chi connectivity index (χ3v) is 10.5. The zero-order chi connectivity index (χ0) is 32.3. The summed E-state index contributed by atoms with van der Waals surface area (Å²) < 4.78 is 44.5. The van der Waals surface area contributed by atoms with Crippen LogP contribution in [0.1, 0.15) is 97.5 Å². The Morgan fingerprint density at radius 1 is 0.767 bits per heavy atom. The lowest BCUT2D eigenvalue weighted by molar-refractivity contribution is 0.355. The smallest absolute Gasteiger partial charge is 0.225 e. The van der Waals surface area contributed by atoms with Gasteiger partial charge in [0.15, 0.2) is 0 Å². The highest BCUT2D eigenvalue weighted by Crippen LogP contribution is 2.43. The van der Waals surface area contributed by atoms with Gasteiger partial charge in [0.05, 0.1) is 9.79 Å². The highest BCUT2D eigenvalue weighted by Gasteiger charge is 2.30. The van der Waals surface area contributed by atoms with Crippen molar-refractivity contribution in [3.8, 4) is 24.2 Å². The van der Waals surface area contributed by atoms with Gasteiger partial charge >= 0.3 is 0 Å². The van der Waals surface area contributed by atoms with Gasteiger partial charge in [0.1, 0.15) is 0 Å². The van der Waals surface area contributed by atoms with Crippen molar-refractivity contribution in [3.63, 3.8) is 0 Å². The molecule has 0 radical (unpaired) electrons. The summed E-state index contributed by atoms with van der Waals surface area (Å²) in [6.45, 7) is 9.41. The first kappa shape index (κ1) is 37.0. The summed E-state index contributed by atoms with van der Waals surface area (Å²) in [6, 6.07) is 12.5. The van der Waals surface area contributed by atoms with E-state index >= 15 is 0 Å². The lowest BCUT2D eigenvalue weighted by Crippen LogP contribution is -2.11. The maximum absolute atomic E-state index is 11.1. The first-order valence-electron chi connectivity index (χ1n) is 14.7. The molecule has 2 aliphatic rings. The Bertz CT molecular complexity index is 1500. The molecule has 4 N–H and O–H groups in total. The molecule has 4 rings (SSSR count). The van der Waals surface area contributed by atoms with E-state index in [-0.39, 0.29) is 9.79 Å². The largest absolute Gasteiger partial charge is 0.238 e. The van der Waals surface area contributed by atoms with Gasteiger partial charge in [0.25, 0.3) is 0 Å². The second-order valence-corrected chi connectivity index (χ2v) is 17.2. The maximum atomic E-state index is 11.1. The van der Waals surface area contributed by atoms with Gasteiger partial charge in [-0.05, 0) is 123 Å². The van der Waals surface area contributed by atoms with Crippen LogP contribution in [0.25, 0.3) is 0 Å². The van der Waals surface area contributed by atoms with Crippen LogP contribution in [0.4, 0.5) is 0 Å². The van der Waals surface area contributed by atoms with Crippen molar-refractivity contribution in [2.24, 2.45) is 32.9 Å². The number of rotatable bonds is 6. The van der Waals surface area contributed by atoms with Crippen LogP contribution in [0.3, 0.4) is 0 Å². The molecule has 0 saturated heterocycles. The molecular weight excluding hydrogens is 644 g/mol. The van der Waals surface area contributed by atoms with Gasteiger partial charge in [-0.1, -0.05) is 55.5 Å². The SMILES string of the molecule is C#CCCC1CCC(C)(C)C1.CC1(C)CCC(CCC#Cc2ccc(S(N)(=O)=O)cc2)C1.NS(=O)(=O)c1ccc(Br)cc1. The van der Waals surface area contributed by atoms with Crippen molar-refractivity contribution >= 4 is 36.0 Å². The van der Waals surface area contributed by atoms with Gasteiger partial charge in [-0.15, -0.1) is 12.3 Å². The van der Waals surface area contributed by atoms with Crippen LogP contribution in [0.15, 0.2) is 62.8 Å². The first-order chi connectivity index (χ1) is 19.9. The summed E-state index contributed by atoms with van der Waals surface area (Å²) >= 11 is 3.18. The van der Waals surface area contributed by atoms with E-state index in [2.05, 4.69) is 61.4 Å². The molecule has 0 bridgehead atoms. The molecule has 2 aliphatic carbocycles. The van der Waals surface area contributed by atoms with E-state index in [0.717, 1.165) is 41.1 Å². The third-order valence-electron chi connectivity index (χ3n) is 8.07. The van der Waals surface area contributed by atoms with Gasteiger partial charge in [-0.2, -0.15) is 0 Å². The molecule has 0 heterocycles. The summed E-state index contributed by atoms with van der Waals surface area (Å²) in [4.78, 5) is 0.252. The zero-order valence-electron chi connectivity index (χ0n) is 25.9. The fraction of sp³-hybridized carbons (Fsp3) is 0.529. The van der Waals surface area contributed by atoms with Crippen molar-refractivity contribution in [3.05, 3.63) is 58.6 Å². The predicted octanol–water partition coefficient (Wildman–Crippen LogP) is 7.61. The van der Waals surface area contributed by atoms with Gasteiger partial charge in [-0.25, -0.2) is 27.1 Å². The molecule has 2 aromatic carbocycles. The Morgan fingerprint density at radius 3 is 1.56 bits per heavy atom. The maximum Gasteiger partial charge on any atom is 0.238 e. The third kappa shape index (κ3) is 14.5. The van der Waals surface area contributed by atoms with Crippen LogP contribution < -0.4 is 10.3 Å². The molecule has 0 aliphatic heterocycles. The van der Waals surface area contributed by atoms with Crippen LogP contribution in [0, 0.1) is 46.9 Å². The van der Waals surface area contributed by atoms with E-state index in [1.54, 1.807) is 24.3 Å². The van der Waals surface area contributed by atoms with Gasteiger partial charge in [0.2, 0.25) is 20.0 Å². The average molecular weight is 692 g/mol. The highest BCUT2D eigenvalue weighted by atomic mass is 79.9. The molecule has 0 spiro atoms. The minimum absolute atomic E-state index is 0.126. The van der Waals surface area contributed by atoms with Crippen LogP contribution in [-0.4, -0.2) is 16.8 Å². The van der Waals surface area contributed by atoms with Crippen molar-refractivity contribution in [2.75, 3.05) is 0 Å². The lowest BCUT2D eigenvalue weighted by atomic mass is 9.89. The van der Waals surface area contributed by atoms with Crippen molar-refractivity contribution in [2.45, 2.75) is 102 Å². The second-order valence-electron chi connectivity index (χ2n) is 13.2. The molecule has 2 saturated carbocycles. The van der Waals surface area contributed by atoms with Gasteiger partial charge in [0, 0.05) is 22.9 Å². The molecule has 9 heteroatoms. The molecule has 2 atom stereocenters. The normalized spacial score (nSPS) is 20.3. The number of nitrogens with two attached hydrogens (primary N) is 2. The van der Waals surface area contributed by atoms with Crippen LogP contribution >= 0.6 is 15.9 Å². The number of terminal acetylenes is 1. The van der Waals surface area contributed by atoms with E-state index < -0.39 is 20.0 Å². The fourth-order valence-electron chi connectivity index (χ4n) is 5.73. The van der Waals surface area contributed by atoms with Gasteiger partial charge < -0.3 is 0 Å². The van der Waals surface area contributed by atoms with Gasteiger partial charge in [-0.3, -0.25) is 0 Å². The monoisotopic (exact) mass is 690 g/mol. The van der Waals surface area contributed by atoms with E-state index in [1.165, 1.54) is 69.2 Å². The number of sulfonamides is 2. The predicted molar refractivity (Wildman–Crippen MR) is 180 cm³/mol. The lowest BCUT2D eigenvalue weighted by Gasteiger charge is -2.16. The first-order valence-corrected chi connectivity index (χ1v) is 18.6. The molecule has 2 aromatic rings. The topological polar surface area (TPSA) is 120 Å². The minimum Gasteiger partial charge on any atom is -0.225 e. The van der Waals surface area contributed by atoms with Crippen LogP contribution in [-0.2, 0) is 20.0 Å². The average Bonchev–Trinajstić information content (AvgIpc) is 3.45. The Balaban J connectivity index is 0.000000247. The minimum atomic E-state index is -3.62. The van der Waals surface area contributed by atoms with Crippen molar-refractivity contribution in [1.82, 2.24) is 0 Å². The van der Waals surface area contributed by atoms with Crippen LogP contribution in [0.2, 0.25) is 0 Å². The molecule has 2 fully saturated rings. The Kier molecular flexibility index (Phi) is 14.0. The molecular formula is C34H47BrN2O4S2. The standard InChI is InChI=1S/C17H23NO2S.C11H18.C6H6BrNO2S/c1-17(2)12-11-15(13-17)6-4-3-5-14-7-9-16(10-8-14)21(18,19)20;1-4-5-6-10-7-8-11(2,3)9-10;7-5-1-3-6(4-2-5)11(8,9)10/h7-10,15H,4,6,11-13H2,1-2H3,(H2,18,19,20);1,10H,5-9H2,2-3H3;1-4H,(H2,8,9,10). The summed E-state index contributed by atoms with van der Waals surface area (Å²) in [5.41, 5.74) is 1.93. The van der Waals surface area contributed by atoms with Crippen molar-refractivity contribution in [1.29, 1.82) is 0 Å². The molecule has 0 amide bonds. The number of benzene rings is 2. The summed E-state index contributed by atoms with van der Waals surface area (Å²) in [5.74, 6) is 10.7. The summed E-state index contributed by atoms with van der Waals surface area (Å²) in [5, 5.41) is 9.92. The highest BCUT2D eigenvalue weighted by molar-refractivity contribution is 9.10. The number of hydrogen-bond acceptors (Lipinski definition) is 4. The number of primary sulfonamides is 2. The molecule has 2 unspecified atom stereocenters. The van der Waals surface area contributed by atoms with E-state index in [1.807, 2.05) is 0 Å². The second kappa shape index (κ2) is 16.3. The Hall–Kier alpha value is -2.14.